The number of nitrogens with zero attached hydrogens (tertiary/aromatic N) is 2. The Balaban J connectivity index is 2.18. The molecule has 1 saturated heterocycles. The van der Waals surface area contributed by atoms with Crippen LogP contribution in [-0.4, -0.2) is 28.2 Å². The lowest BCUT2D eigenvalue weighted by Gasteiger charge is -2.13. The van der Waals surface area contributed by atoms with Crippen LogP contribution in [0.15, 0.2) is 22.8 Å². The predicted molar refractivity (Wildman–Crippen MR) is 66.4 cm³/mol. The van der Waals surface area contributed by atoms with Crippen molar-refractivity contribution < 1.29 is 9.59 Å². The Morgan fingerprint density at radius 3 is 2.94 bits per heavy atom. The molecule has 0 saturated carbocycles. The summed E-state index contributed by atoms with van der Waals surface area (Å²) in [4.78, 5) is 29.2. The van der Waals surface area contributed by atoms with Crippen molar-refractivity contribution in [1.29, 1.82) is 0 Å². The third-order valence-corrected chi connectivity index (χ3v) is 3.40. The smallest absolute Gasteiger partial charge is 0.277 e. The molecule has 1 atom stereocenters. The van der Waals surface area contributed by atoms with E-state index < -0.39 is 0 Å². The van der Waals surface area contributed by atoms with Crippen molar-refractivity contribution in [3.05, 3.63) is 28.5 Å². The number of pyridine rings is 1. The summed E-state index contributed by atoms with van der Waals surface area (Å²) in [6.07, 6.45) is 1.39. The minimum Gasteiger partial charge on any atom is -0.277 e. The summed E-state index contributed by atoms with van der Waals surface area (Å²) < 4.78 is 0.599. The molecule has 5 heteroatoms. The number of rotatable bonds is 2. The average molecular weight is 297 g/mol. The van der Waals surface area contributed by atoms with Crippen molar-refractivity contribution in [2.45, 2.75) is 19.8 Å². The van der Waals surface area contributed by atoms with Gasteiger partial charge in [-0.25, -0.2) is 4.98 Å². The normalized spacial score (nSPS) is 19.8. The average Bonchev–Trinajstić information content (AvgIpc) is 2.69. The highest BCUT2D eigenvalue weighted by molar-refractivity contribution is 9.10. The van der Waals surface area contributed by atoms with Crippen LogP contribution in [0.2, 0.25) is 0 Å². The zero-order valence-electron chi connectivity index (χ0n) is 9.52. The maximum atomic E-state index is 12.1. The van der Waals surface area contributed by atoms with Gasteiger partial charge in [0.15, 0.2) is 0 Å². The van der Waals surface area contributed by atoms with Crippen molar-refractivity contribution in [3.63, 3.8) is 0 Å². The lowest BCUT2D eigenvalue weighted by molar-refractivity contribution is -0.125. The van der Waals surface area contributed by atoms with E-state index >= 15 is 0 Å². The Morgan fingerprint density at radius 2 is 2.35 bits per heavy atom. The lowest BCUT2D eigenvalue weighted by Crippen LogP contribution is -2.33. The van der Waals surface area contributed by atoms with Crippen molar-refractivity contribution >= 4 is 27.7 Å². The van der Waals surface area contributed by atoms with Crippen molar-refractivity contribution in [3.8, 4) is 0 Å². The van der Waals surface area contributed by atoms with Crippen LogP contribution in [0.3, 0.4) is 0 Å². The van der Waals surface area contributed by atoms with Gasteiger partial charge in [0.2, 0.25) is 5.91 Å². The fourth-order valence-electron chi connectivity index (χ4n) is 1.92. The molecule has 1 fully saturated rings. The van der Waals surface area contributed by atoms with Gasteiger partial charge in [0.25, 0.3) is 5.91 Å². The standard InChI is InChI=1S/C12H13BrN2O2/c1-2-8-6-11(16)15(7-8)12(17)9-4-3-5-10(13)14-9/h3-5,8H,2,6-7H2,1H3. The van der Waals surface area contributed by atoms with E-state index in [9.17, 15) is 9.59 Å². The molecule has 0 aliphatic carbocycles. The second-order valence-electron chi connectivity index (χ2n) is 4.13. The highest BCUT2D eigenvalue weighted by Crippen LogP contribution is 2.22. The summed E-state index contributed by atoms with van der Waals surface area (Å²) in [6.45, 7) is 2.55. The topological polar surface area (TPSA) is 50.3 Å². The van der Waals surface area contributed by atoms with Crippen LogP contribution in [0.1, 0.15) is 30.3 Å². The molecule has 1 aliphatic heterocycles. The first-order valence-corrected chi connectivity index (χ1v) is 6.38. The van der Waals surface area contributed by atoms with E-state index in [1.807, 2.05) is 6.92 Å². The van der Waals surface area contributed by atoms with Crippen LogP contribution in [0.4, 0.5) is 0 Å². The molecule has 0 bridgehead atoms. The van der Waals surface area contributed by atoms with Crippen molar-refractivity contribution in [2.75, 3.05) is 6.54 Å². The Bertz CT molecular complexity index is 462. The Kier molecular flexibility index (Phi) is 3.57. The highest BCUT2D eigenvalue weighted by Gasteiger charge is 2.33. The molecule has 90 valence electrons. The maximum absolute atomic E-state index is 12.1. The molecule has 1 aliphatic rings. The van der Waals surface area contributed by atoms with E-state index in [-0.39, 0.29) is 11.8 Å². The molecule has 2 amide bonds. The van der Waals surface area contributed by atoms with Gasteiger partial charge in [0, 0.05) is 13.0 Å². The molecule has 17 heavy (non-hydrogen) atoms. The summed E-state index contributed by atoms with van der Waals surface area (Å²) in [5, 5.41) is 0. The zero-order chi connectivity index (χ0) is 12.4. The number of carbonyl (C=O) groups is 2. The molecule has 0 N–H and O–H groups in total. The number of hydrogen-bond donors (Lipinski definition) is 0. The Hall–Kier alpha value is -1.23. The van der Waals surface area contributed by atoms with Crippen LogP contribution in [0.5, 0.6) is 0 Å². The first-order chi connectivity index (χ1) is 8.11. The number of halogens is 1. The van der Waals surface area contributed by atoms with Crippen LogP contribution >= 0.6 is 15.9 Å². The minimum atomic E-state index is -0.299. The van der Waals surface area contributed by atoms with Crippen LogP contribution in [0.25, 0.3) is 0 Å². The molecule has 0 aromatic carbocycles. The number of amides is 2. The largest absolute Gasteiger partial charge is 0.279 e. The third-order valence-electron chi connectivity index (χ3n) is 2.96. The van der Waals surface area contributed by atoms with Gasteiger partial charge in [0.05, 0.1) is 0 Å². The van der Waals surface area contributed by atoms with E-state index in [0.29, 0.717) is 29.2 Å². The number of carbonyl (C=O) groups excluding carboxylic acids is 2. The molecular formula is C12H13BrN2O2. The monoisotopic (exact) mass is 296 g/mol. The second-order valence-corrected chi connectivity index (χ2v) is 4.95. The van der Waals surface area contributed by atoms with Crippen LogP contribution < -0.4 is 0 Å². The molecule has 4 nitrogen and oxygen atoms in total. The summed E-state index contributed by atoms with van der Waals surface area (Å²) >= 11 is 3.21. The summed E-state index contributed by atoms with van der Waals surface area (Å²) in [7, 11) is 0. The third kappa shape index (κ3) is 2.54. The van der Waals surface area contributed by atoms with E-state index in [4.69, 9.17) is 0 Å². The summed E-state index contributed by atoms with van der Waals surface area (Å²) in [6, 6.07) is 5.11. The molecule has 1 unspecified atom stereocenters. The van der Waals surface area contributed by atoms with E-state index in [2.05, 4.69) is 20.9 Å². The highest BCUT2D eigenvalue weighted by atomic mass is 79.9. The van der Waals surface area contributed by atoms with Gasteiger partial charge in [-0.3, -0.25) is 14.5 Å². The SMILES string of the molecule is CCC1CC(=O)N(C(=O)c2cccc(Br)n2)C1. The van der Waals surface area contributed by atoms with E-state index in [1.165, 1.54) is 4.90 Å². The molecule has 2 rings (SSSR count). The number of imide groups is 1. The van der Waals surface area contributed by atoms with Crippen molar-refractivity contribution in [2.24, 2.45) is 5.92 Å². The van der Waals surface area contributed by atoms with Crippen LogP contribution in [0, 0.1) is 5.92 Å². The zero-order valence-corrected chi connectivity index (χ0v) is 11.1. The lowest BCUT2D eigenvalue weighted by atomic mass is 10.1. The van der Waals surface area contributed by atoms with E-state index in [1.54, 1.807) is 18.2 Å². The van der Waals surface area contributed by atoms with Gasteiger partial charge in [-0.05, 0) is 34.0 Å². The molecule has 2 heterocycles. The number of aromatic nitrogens is 1. The molecule has 0 spiro atoms. The first kappa shape index (κ1) is 12.2. The number of likely N-dealkylation sites (tertiary alicyclic amines) is 1. The van der Waals surface area contributed by atoms with Gasteiger partial charge in [-0.1, -0.05) is 19.4 Å². The quantitative estimate of drug-likeness (QED) is 0.621. The first-order valence-electron chi connectivity index (χ1n) is 5.59. The Labute approximate surface area is 108 Å². The maximum Gasteiger partial charge on any atom is 0.279 e. The minimum absolute atomic E-state index is 0.0939. The van der Waals surface area contributed by atoms with Gasteiger partial charge in [-0.15, -0.1) is 0 Å². The Morgan fingerprint density at radius 1 is 1.59 bits per heavy atom. The summed E-state index contributed by atoms with van der Waals surface area (Å²) in [5.41, 5.74) is 0.310. The van der Waals surface area contributed by atoms with Gasteiger partial charge >= 0.3 is 0 Å². The van der Waals surface area contributed by atoms with Gasteiger partial charge in [-0.2, -0.15) is 0 Å². The van der Waals surface area contributed by atoms with Gasteiger partial charge in [0.1, 0.15) is 10.3 Å². The molecule has 1 aromatic heterocycles. The molecule has 1 aromatic rings. The molecule has 0 radical (unpaired) electrons. The second kappa shape index (κ2) is 4.96. The predicted octanol–water partition coefficient (Wildman–Crippen LogP) is 2.24. The fourth-order valence-corrected chi connectivity index (χ4v) is 2.26. The van der Waals surface area contributed by atoms with Gasteiger partial charge < -0.3 is 0 Å². The van der Waals surface area contributed by atoms with Crippen molar-refractivity contribution in [1.82, 2.24) is 9.88 Å². The summed E-state index contributed by atoms with van der Waals surface area (Å²) in [5.74, 6) is -0.102. The molecular weight excluding hydrogens is 284 g/mol. The van der Waals surface area contributed by atoms with Crippen LogP contribution in [-0.2, 0) is 4.79 Å². The number of hydrogen-bond acceptors (Lipinski definition) is 3. The fraction of sp³-hybridized carbons (Fsp3) is 0.417. The van der Waals surface area contributed by atoms with E-state index in [0.717, 1.165) is 6.42 Å².